The van der Waals surface area contributed by atoms with E-state index < -0.39 is 12.1 Å². The first-order valence-electron chi connectivity index (χ1n) is 10.8. The van der Waals surface area contributed by atoms with E-state index in [2.05, 4.69) is 9.97 Å². The SMILES string of the molecule is CSCCC1C(=O)N(Cc2ccc3c(N)ncnc3c2)CCN1C(=O)OCc1ccccc1. The van der Waals surface area contributed by atoms with Crippen LogP contribution in [0.25, 0.3) is 10.9 Å². The molecule has 2 amide bonds. The van der Waals surface area contributed by atoms with Crippen LogP contribution in [0.5, 0.6) is 0 Å². The fourth-order valence-electron chi connectivity index (χ4n) is 3.97. The first-order valence-corrected chi connectivity index (χ1v) is 12.2. The molecule has 2 heterocycles. The van der Waals surface area contributed by atoms with Crippen molar-refractivity contribution >= 4 is 40.5 Å². The molecule has 0 radical (unpaired) electrons. The minimum Gasteiger partial charge on any atom is -0.445 e. The van der Waals surface area contributed by atoms with E-state index in [4.69, 9.17) is 10.5 Å². The van der Waals surface area contributed by atoms with Crippen LogP contribution < -0.4 is 5.73 Å². The second-order valence-electron chi connectivity index (χ2n) is 7.90. The molecule has 9 heteroatoms. The monoisotopic (exact) mass is 465 g/mol. The Hall–Kier alpha value is -3.33. The summed E-state index contributed by atoms with van der Waals surface area (Å²) in [6, 6.07) is 14.7. The average molecular weight is 466 g/mol. The van der Waals surface area contributed by atoms with Crippen LogP contribution in [0.4, 0.5) is 10.6 Å². The molecule has 1 atom stereocenters. The van der Waals surface area contributed by atoms with Gasteiger partial charge in [0, 0.05) is 25.0 Å². The number of ether oxygens (including phenoxy) is 1. The molecule has 1 aliphatic rings. The third-order valence-electron chi connectivity index (χ3n) is 5.72. The maximum atomic E-state index is 13.4. The van der Waals surface area contributed by atoms with E-state index in [1.165, 1.54) is 6.33 Å². The highest BCUT2D eigenvalue weighted by Crippen LogP contribution is 2.23. The summed E-state index contributed by atoms with van der Waals surface area (Å²) in [7, 11) is 0. The number of benzene rings is 2. The molecule has 33 heavy (non-hydrogen) atoms. The molecule has 172 valence electrons. The van der Waals surface area contributed by atoms with Crippen LogP contribution in [-0.4, -0.2) is 62.9 Å². The lowest BCUT2D eigenvalue weighted by atomic mass is 10.1. The number of carbonyl (C=O) groups is 2. The Morgan fingerprint density at radius 1 is 1.15 bits per heavy atom. The molecule has 0 saturated carbocycles. The predicted octanol–water partition coefficient (Wildman–Crippen LogP) is 3.31. The Morgan fingerprint density at radius 2 is 1.97 bits per heavy atom. The van der Waals surface area contributed by atoms with Crippen molar-refractivity contribution in [2.45, 2.75) is 25.6 Å². The van der Waals surface area contributed by atoms with E-state index in [-0.39, 0.29) is 12.5 Å². The zero-order valence-corrected chi connectivity index (χ0v) is 19.3. The summed E-state index contributed by atoms with van der Waals surface area (Å²) in [5.74, 6) is 1.15. The highest BCUT2D eigenvalue weighted by atomic mass is 32.2. The molecule has 0 spiro atoms. The minimum atomic E-state index is -0.534. The van der Waals surface area contributed by atoms with Crippen molar-refractivity contribution in [3.8, 4) is 0 Å². The molecular weight excluding hydrogens is 438 g/mol. The van der Waals surface area contributed by atoms with Crippen LogP contribution >= 0.6 is 11.8 Å². The van der Waals surface area contributed by atoms with Gasteiger partial charge in [-0.25, -0.2) is 14.8 Å². The van der Waals surface area contributed by atoms with E-state index >= 15 is 0 Å². The first-order chi connectivity index (χ1) is 16.1. The van der Waals surface area contributed by atoms with Gasteiger partial charge in [-0.3, -0.25) is 9.69 Å². The predicted molar refractivity (Wildman–Crippen MR) is 129 cm³/mol. The van der Waals surface area contributed by atoms with Crippen LogP contribution in [0.15, 0.2) is 54.9 Å². The van der Waals surface area contributed by atoms with Gasteiger partial charge in [0.2, 0.25) is 5.91 Å². The number of piperazine rings is 1. The number of hydrogen-bond donors (Lipinski definition) is 1. The van der Waals surface area contributed by atoms with Gasteiger partial charge in [-0.05, 0) is 41.7 Å². The van der Waals surface area contributed by atoms with Gasteiger partial charge >= 0.3 is 6.09 Å². The summed E-state index contributed by atoms with van der Waals surface area (Å²) < 4.78 is 5.52. The quantitative estimate of drug-likeness (QED) is 0.571. The second-order valence-corrected chi connectivity index (χ2v) is 8.89. The molecule has 1 saturated heterocycles. The number of nitrogens with zero attached hydrogens (tertiary/aromatic N) is 4. The number of rotatable bonds is 7. The van der Waals surface area contributed by atoms with E-state index in [1.807, 2.05) is 54.8 Å². The summed E-state index contributed by atoms with van der Waals surface area (Å²) in [6.45, 7) is 1.51. The van der Waals surface area contributed by atoms with E-state index in [0.29, 0.717) is 31.9 Å². The lowest BCUT2D eigenvalue weighted by Gasteiger charge is -2.40. The average Bonchev–Trinajstić information content (AvgIpc) is 2.83. The Bertz CT molecular complexity index is 1130. The molecule has 4 rings (SSSR count). The molecule has 1 unspecified atom stereocenters. The van der Waals surface area contributed by atoms with Crippen molar-refractivity contribution in [3.63, 3.8) is 0 Å². The van der Waals surface area contributed by atoms with Crippen LogP contribution in [0, 0.1) is 0 Å². The molecule has 2 N–H and O–H groups in total. The number of carbonyl (C=O) groups excluding carboxylic acids is 2. The lowest BCUT2D eigenvalue weighted by Crippen LogP contribution is -2.58. The largest absolute Gasteiger partial charge is 0.445 e. The van der Waals surface area contributed by atoms with E-state index in [1.54, 1.807) is 21.6 Å². The Labute approximate surface area is 197 Å². The van der Waals surface area contributed by atoms with Crippen LogP contribution in [-0.2, 0) is 22.7 Å². The summed E-state index contributed by atoms with van der Waals surface area (Å²) in [5, 5.41) is 0.788. The van der Waals surface area contributed by atoms with Crippen molar-refractivity contribution in [2.24, 2.45) is 0 Å². The molecular formula is C24H27N5O3S. The standard InChI is InChI=1S/C24H27N5O3S/c1-33-12-9-21-23(30)28(14-18-7-8-19-20(13-18)26-16-27-22(19)25)10-11-29(21)24(31)32-15-17-5-3-2-4-6-17/h2-8,13,16,21H,9-12,14-15H2,1H3,(H2,25,26,27). The fourth-order valence-corrected chi connectivity index (χ4v) is 4.43. The van der Waals surface area contributed by atoms with Crippen LogP contribution in [0.3, 0.4) is 0 Å². The normalized spacial score (nSPS) is 16.3. The number of fused-ring (bicyclic) bond motifs is 1. The third kappa shape index (κ3) is 5.36. The highest BCUT2D eigenvalue weighted by molar-refractivity contribution is 7.98. The van der Waals surface area contributed by atoms with Crippen molar-refractivity contribution < 1.29 is 14.3 Å². The van der Waals surface area contributed by atoms with Crippen LogP contribution in [0.1, 0.15) is 17.5 Å². The molecule has 1 fully saturated rings. The first kappa shape index (κ1) is 22.8. The highest BCUT2D eigenvalue weighted by Gasteiger charge is 2.37. The maximum absolute atomic E-state index is 13.4. The Balaban J connectivity index is 1.45. The summed E-state index contributed by atoms with van der Waals surface area (Å²) in [6.07, 6.45) is 3.56. The molecule has 0 aliphatic carbocycles. The van der Waals surface area contributed by atoms with Crippen molar-refractivity contribution in [2.75, 3.05) is 30.8 Å². The second kappa shape index (κ2) is 10.5. The molecule has 8 nitrogen and oxygen atoms in total. The lowest BCUT2D eigenvalue weighted by molar-refractivity contribution is -0.141. The van der Waals surface area contributed by atoms with Gasteiger partial charge in [-0.15, -0.1) is 0 Å². The topological polar surface area (TPSA) is 102 Å². The smallest absolute Gasteiger partial charge is 0.410 e. The molecule has 1 aromatic heterocycles. The van der Waals surface area contributed by atoms with Gasteiger partial charge in [-0.2, -0.15) is 11.8 Å². The van der Waals surface area contributed by atoms with E-state index in [0.717, 1.165) is 27.8 Å². The van der Waals surface area contributed by atoms with Crippen molar-refractivity contribution in [1.82, 2.24) is 19.8 Å². The van der Waals surface area contributed by atoms with E-state index in [9.17, 15) is 9.59 Å². The molecule has 1 aliphatic heterocycles. The van der Waals surface area contributed by atoms with Gasteiger partial charge in [0.15, 0.2) is 0 Å². The number of amides is 2. The third-order valence-corrected chi connectivity index (χ3v) is 6.37. The number of hydrogen-bond acceptors (Lipinski definition) is 7. The maximum Gasteiger partial charge on any atom is 0.410 e. The number of nitrogen functional groups attached to an aromatic ring is 1. The number of thioether (sulfide) groups is 1. The number of aromatic nitrogens is 2. The number of nitrogens with two attached hydrogens (primary N) is 1. The molecule has 0 bridgehead atoms. The summed E-state index contributed by atoms with van der Waals surface area (Å²) >= 11 is 1.65. The summed E-state index contributed by atoms with van der Waals surface area (Å²) in [5.41, 5.74) is 8.53. The van der Waals surface area contributed by atoms with Crippen molar-refractivity contribution in [3.05, 3.63) is 66.0 Å². The van der Waals surface area contributed by atoms with Gasteiger partial charge in [0.05, 0.1) is 5.52 Å². The Kier molecular flexibility index (Phi) is 7.29. The molecule has 2 aromatic carbocycles. The van der Waals surface area contributed by atoms with Gasteiger partial charge in [-0.1, -0.05) is 36.4 Å². The minimum absolute atomic E-state index is 0.0609. The van der Waals surface area contributed by atoms with Gasteiger partial charge in [0.1, 0.15) is 24.8 Å². The van der Waals surface area contributed by atoms with Gasteiger partial charge in [0.25, 0.3) is 0 Å². The van der Waals surface area contributed by atoms with Crippen LogP contribution in [0.2, 0.25) is 0 Å². The Morgan fingerprint density at radius 3 is 2.76 bits per heavy atom. The molecule has 3 aromatic rings. The summed E-state index contributed by atoms with van der Waals surface area (Å²) in [4.78, 5) is 37.9. The number of anilines is 1. The zero-order valence-electron chi connectivity index (χ0n) is 18.5. The fraction of sp³-hybridized carbons (Fsp3) is 0.333. The van der Waals surface area contributed by atoms with Crippen molar-refractivity contribution in [1.29, 1.82) is 0 Å². The van der Waals surface area contributed by atoms with Gasteiger partial charge < -0.3 is 15.4 Å². The zero-order chi connectivity index (χ0) is 23.2.